The van der Waals surface area contributed by atoms with Gasteiger partial charge in [-0.1, -0.05) is 30.3 Å². The molecule has 1 aromatic carbocycles. The largest absolute Gasteiger partial charge is 0.438 e. The Morgan fingerprint density at radius 3 is 2.79 bits per heavy atom. The minimum Gasteiger partial charge on any atom is -0.438 e. The molecular weight excluding hydrogens is 238 g/mol. The number of nitrogens with zero attached hydrogens (tertiary/aromatic N) is 2. The molecule has 4 nitrogen and oxygen atoms in total. The molecule has 3 rings (SSSR count). The molecule has 0 bridgehead atoms. The van der Waals surface area contributed by atoms with Crippen molar-refractivity contribution in [3.63, 3.8) is 0 Å². The lowest BCUT2D eigenvalue weighted by molar-refractivity contribution is 0.511. The fraction of sp³-hybridized carbons (Fsp3) is 0.200. The third-order valence-electron chi connectivity index (χ3n) is 2.93. The van der Waals surface area contributed by atoms with Crippen LogP contribution in [-0.4, -0.2) is 17.0 Å². The first-order valence-corrected chi connectivity index (χ1v) is 6.28. The molecule has 0 unspecified atom stereocenters. The van der Waals surface area contributed by atoms with Crippen molar-refractivity contribution in [1.29, 1.82) is 0 Å². The molecule has 0 radical (unpaired) electrons. The summed E-state index contributed by atoms with van der Waals surface area (Å²) in [5.41, 5.74) is 3.81. The summed E-state index contributed by atoms with van der Waals surface area (Å²) in [6, 6.07) is 12.3. The lowest BCUT2D eigenvalue weighted by Crippen LogP contribution is -2.04. The van der Waals surface area contributed by atoms with Crippen LogP contribution in [0.15, 0.2) is 47.0 Å². The Hall–Kier alpha value is -2.20. The number of pyridine rings is 1. The molecule has 0 atom stereocenters. The monoisotopic (exact) mass is 253 g/mol. The molecule has 96 valence electrons. The van der Waals surface area contributed by atoms with Gasteiger partial charge < -0.3 is 9.73 Å². The van der Waals surface area contributed by atoms with Crippen LogP contribution in [0.1, 0.15) is 17.0 Å². The van der Waals surface area contributed by atoms with Crippen molar-refractivity contribution in [3.8, 4) is 0 Å². The molecule has 19 heavy (non-hydrogen) atoms. The smallest absolute Gasteiger partial charge is 0.211 e. The summed E-state index contributed by atoms with van der Waals surface area (Å²) in [5, 5.41) is 3.02. The van der Waals surface area contributed by atoms with E-state index in [1.165, 1.54) is 5.56 Å². The second-order valence-corrected chi connectivity index (χ2v) is 4.47. The van der Waals surface area contributed by atoms with Crippen molar-refractivity contribution in [2.75, 3.05) is 7.05 Å². The van der Waals surface area contributed by atoms with E-state index in [9.17, 15) is 0 Å². The van der Waals surface area contributed by atoms with Gasteiger partial charge in [-0.25, -0.2) is 4.98 Å². The molecule has 0 spiro atoms. The van der Waals surface area contributed by atoms with Crippen LogP contribution in [0.5, 0.6) is 0 Å². The second-order valence-electron chi connectivity index (χ2n) is 4.47. The van der Waals surface area contributed by atoms with Gasteiger partial charge in [0, 0.05) is 6.20 Å². The number of hydrogen-bond acceptors (Lipinski definition) is 4. The lowest BCUT2D eigenvalue weighted by atomic mass is 10.1. The van der Waals surface area contributed by atoms with E-state index in [0.29, 0.717) is 18.1 Å². The molecule has 0 aliphatic rings. The van der Waals surface area contributed by atoms with Crippen LogP contribution in [0.4, 0.5) is 0 Å². The number of oxazole rings is 1. The van der Waals surface area contributed by atoms with Crippen molar-refractivity contribution in [1.82, 2.24) is 15.3 Å². The van der Waals surface area contributed by atoms with Crippen molar-refractivity contribution in [3.05, 3.63) is 59.6 Å². The first-order chi connectivity index (χ1) is 9.35. The van der Waals surface area contributed by atoms with Gasteiger partial charge in [0.2, 0.25) is 5.89 Å². The van der Waals surface area contributed by atoms with Crippen LogP contribution < -0.4 is 5.32 Å². The van der Waals surface area contributed by atoms with Gasteiger partial charge in [0.15, 0.2) is 11.2 Å². The van der Waals surface area contributed by atoms with E-state index in [4.69, 9.17) is 4.42 Å². The number of hydrogen-bond donors (Lipinski definition) is 1. The summed E-state index contributed by atoms with van der Waals surface area (Å²) >= 11 is 0. The van der Waals surface area contributed by atoms with Gasteiger partial charge in [-0.15, -0.1) is 0 Å². The predicted octanol–water partition coefficient (Wildman–Crippen LogP) is 2.53. The third-order valence-corrected chi connectivity index (χ3v) is 2.93. The Balaban J connectivity index is 1.88. The van der Waals surface area contributed by atoms with Crippen molar-refractivity contribution < 1.29 is 4.42 Å². The molecule has 0 fully saturated rings. The molecule has 0 saturated carbocycles. The Labute approximate surface area is 111 Å². The topological polar surface area (TPSA) is 51.0 Å². The number of rotatable bonds is 4. The van der Waals surface area contributed by atoms with Gasteiger partial charge >= 0.3 is 0 Å². The highest BCUT2D eigenvalue weighted by atomic mass is 16.3. The molecule has 2 heterocycles. The van der Waals surface area contributed by atoms with Crippen LogP contribution >= 0.6 is 0 Å². The summed E-state index contributed by atoms with van der Waals surface area (Å²) < 4.78 is 5.65. The van der Waals surface area contributed by atoms with Crippen LogP contribution in [0.3, 0.4) is 0 Å². The number of fused-ring (bicyclic) bond motifs is 1. The summed E-state index contributed by atoms with van der Waals surface area (Å²) in [5.74, 6) is 0.668. The average molecular weight is 253 g/mol. The van der Waals surface area contributed by atoms with Gasteiger partial charge in [0.05, 0.1) is 6.54 Å². The average Bonchev–Trinajstić information content (AvgIpc) is 2.82. The highest BCUT2D eigenvalue weighted by Gasteiger charge is 2.07. The molecule has 0 aliphatic heterocycles. The van der Waals surface area contributed by atoms with Crippen LogP contribution in [0.2, 0.25) is 0 Å². The van der Waals surface area contributed by atoms with Gasteiger partial charge in [0.25, 0.3) is 0 Å². The molecule has 1 N–H and O–H groups in total. The van der Waals surface area contributed by atoms with E-state index < -0.39 is 0 Å². The summed E-state index contributed by atoms with van der Waals surface area (Å²) in [6.45, 7) is 0.615. The maximum atomic E-state index is 5.65. The van der Waals surface area contributed by atoms with Gasteiger partial charge in [-0.3, -0.25) is 0 Å². The first-order valence-electron chi connectivity index (χ1n) is 6.28. The normalized spacial score (nSPS) is 11.0. The van der Waals surface area contributed by atoms with E-state index >= 15 is 0 Å². The standard InChI is InChI=1S/C15H15N3O/c1-16-10-14-18-15-13(19-14)8-12(9-17-15)7-11-5-3-2-4-6-11/h2-6,8-9,16H,7,10H2,1H3. The number of nitrogens with one attached hydrogen (secondary N) is 1. The Bertz CT molecular complexity index is 676. The lowest BCUT2D eigenvalue weighted by Gasteiger charge is -2.00. The Morgan fingerprint density at radius 1 is 1.16 bits per heavy atom. The molecule has 0 aliphatic carbocycles. The van der Waals surface area contributed by atoms with E-state index in [1.54, 1.807) is 0 Å². The Morgan fingerprint density at radius 2 is 2.00 bits per heavy atom. The zero-order valence-electron chi connectivity index (χ0n) is 10.8. The van der Waals surface area contributed by atoms with Gasteiger partial charge in [-0.05, 0) is 30.7 Å². The maximum Gasteiger partial charge on any atom is 0.211 e. The van der Waals surface area contributed by atoms with Crippen LogP contribution in [0, 0.1) is 0 Å². The molecule has 2 aromatic heterocycles. The zero-order valence-corrected chi connectivity index (χ0v) is 10.8. The third kappa shape index (κ3) is 2.63. The molecule has 3 aromatic rings. The minimum absolute atomic E-state index is 0.615. The summed E-state index contributed by atoms with van der Waals surface area (Å²) in [4.78, 5) is 8.66. The van der Waals surface area contributed by atoms with Gasteiger partial charge in [0.1, 0.15) is 0 Å². The minimum atomic E-state index is 0.615. The SMILES string of the molecule is CNCc1nc2ncc(Cc3ccccc3)cc2o1. The predicted molar refractivity (Wildman–Crippen MR) is 73.8 cm³/mol. The van der Waals surface area contributed by atoms with Crippen LogP contribution in [-0.2, 0) is 13.0 Å². The molecule has 0 amide bonds. The summed E-state index contributed by atoms with van der Waals surface area (Å²) in [7, 11) is 1.86. The fourth-order valence-electron chi connectivity index (χ4n) is 2.06. The van der Waals surface area contributed by atoms with E-state index in [2.05, 4.69) is 27.4 Å². The van der Waals surface area contributed by atoms with Crippen molar-refractivity contribution >= 4 is 11.2 Å². The number of aromatic nitrogens is 2. The van der Waals surface area contributed by atoms with Crippen molar-refractivity contribution in [2.45, 2.75) is 13.0 Å². The maximum absolute atomic E-state index is 5.65. The second kappa shape index (κ2) is 5.20. The highest BCUT2D eigenvalue weighted by Crippen LogP contribution is 2.17. The van der Waals surface area contributed by atoms with Crippen LogP contribution in [0.25, 0.3) is 11.2 Å². The molecule has 0 saturated heterocycles. The van der Waals surface area contributed by atoms with E-state index in [1.807, 2.05) is 37.5 Å². The first kappa shape index (κ1) is 11.9. The number of benzene rings is 1. The molecular formula is C15H15N3O. The zero-order chi connectivity index (χ0) is 13.1. The quantitative estimate of drug-likeness (QED) is 0.776. The van der Waals surface area contributed by atoms with Crippen molar-refractivity contribution in [2.24, 2.45) is 0 Å². The highest BCUT2D eigenvalue weighted by molar-refractivity contribution is 5.68. The Kier molecular flexibility index (Phi) is 3.25. The summed E-state index contributed by atoms with van der Waals surface area (Å²) in [6.07, 6.45) is 2.72. The molecule has 4 heteroatoms. The fourth-order valence-corrected chi connectivity index (χ4v) is 2.06. The van der Waals surface area contributed by atoms with Gasteiger partial charge in [-0.2, -0.15) is 4.98 Å². The van der Waals surface area contributed by atoms with E-state index in [-0.39, 0.29) is 0 Å². The van der Waals surface area contributed by atoms with E-state index in [0.717, 1.165) is 17.6 Å².